The zero-order valence-corrected chi connectivity index (χ0v) is 14.8. The summed E-state index contributed by atoms with van der Waals surface area (Å²) in [6, 6.07) is 5.98. The molecule has 2 aliphatic rings. The lowest BCUT2D eigenvalue weighted by Gasteiger charge is -2.32. The molecular weight excluding hydrogens is 320 g/mol. The van der Waals surface area contributed by atoms with E-state index in [2.05, 4.69) is 12.3 Å². The normalized spacial score (nSPS) is 20.2. The largest absolute Gasteiger partial charge is 0.372 e. The highest BCUT2D eigenvalue weighted by molar-refractivity contribution is 7.09. The van der Waals surface area contributed by atoms with Crippen LogP contribution in [0.25, 0.3) is 0 Å². The highest BCUT2D eigenvalue weighted by Gasteiger charge is 2.27. The number of likely N-dealkylation sites (tertiary alicyclic amines) is 1. The van der Waals surface area contributed by atoms with E-state index in [0.717, 1.165) is 49.2 Å². The highest BCUT2D eigenvalue weighted by Crippen LogP contribution is 2.30. The zero-order valence-electron chi connectivity index (χ0n) is 14.0. The van der Waals surface area contributed by atoms with Gasteiger partial charge in [0, 0.05) is 30.0 Å². The van der Waals surface area contributed by atoms with Crippen molar-refractivity contribution >= 4 is 17.2 Å². The average Bonchev–Trinajstić information content (AvgIpc) is 3.29. The third kappa shape index (κ3) is 2.98. The van der Waals surface area contributed by atoms with Gasteiger partial charge in [0.2, 0.25) is 0 Å². The molecule has 1 unspecified atom stereocenters. The Morgan fingerprint density at radius 3 is 3.08 bits per heavy atom. The van der Waals surface area contributed by atoms with E-state index >= 15 is 0 Å². The van der Waals surface area contributed by atoms with Crippen LogP contribution >= 0.6 is 11.3 Å². The van der Waals surface area contributed by atoms with Gasteiger partial charge in [-0.05, 0) is 42.5 Å². The maximum absolute atomic E-state index is 12.9. The molecule has 1 aromatic carbocycles. The van der Waals surface area contributed by atoms with Crippen molar-refractivity contribution in [1.29, 1.82) is 0 Å². The maximum Gasteiger partial charge on any atom is 0.253 e. The molecule has 0 radical (unpaired) electrons. The first kappa shape index (κ1) is 15.8. The molecule has 3 heterocycles. The van der Waals surface area contributed by atoms with E-state index in [-0.39, 0.29) is 5.91 Å². The van der Waals surface area contributed by atoms with Crippen molar-refractivity contribution in [3.63, 3.8) is 0 Å². The van der Waals surface area contributed by atoms with E-state index in [4.69, 9.17) is 9.72 Å². The predicted molar refractivity (Wildman–Crippen MR) is 94.3 cm³/mol. The minimum absolute atomic E-state index is 0.140. The Kier molecular flexibility index (Phi) is 4.37. The number of aryl methyl sites for hydroxylation is 1. The van der Waals surface area contributed by atoms with Crippen molar-refractivity contribution in [3.05, 3.63) is 51.0 Å². The van der Waals surface area contributed by atoms with E-state index in [1.165, 1.54) is 10.6 Å². The van der Waals surface area contributed by atoms with Crippen LogP contribution in [-0.4, -0.2) is 28.9 Å². The molecule has 0 bridgehead atoms. The Hall–Kier alpha value is -1.72. The SMILES string of the molecule is CCc1csc(C2CCCN(C(=O)c3ccc4c(c3)COC4)C2)n1. The van der Waals surface area contributed by atoms with Crippen molar-refractivity contribution in [1.82, 2.24) is 9.88 Å². The van der Waals surface area contributed by atoms with E-state index in [0.29, 0.717) is 19.1 Å². The lowest BCUT2D eigenvalue weighted by molar-refractivity contribution is 0.0707. The topological polar surface area (TPSA) is 42.4 Å². The van der Waals surface area contributed by atoms with Crippen LogP contribution in [0, 0.1) is 0 Å². The van der Waals surface area contributed by atoms with Gasteiger partial charge in [-0.25, -0.2) is 4.98 Å². The zero-order chi connectivity index (χ0) is 16.5. The summed E-state index contributed by atoms with van der Waals surface area (Å²) in [5, 5.41) is 3.34. The molecule has 0 aliphatic carbocycles. The summed E-state index contributed by atoms with van der Waals surface area (Å²) < 4.78 is 5.45. The minimum atomic E-state index is 0.140. The van der Waals surface area contributed by atoms with Crippen molar-refractivity contribution in [2.75, 3.05) is 13.1 Å². The van der Waals surface area contributed by atoms with Crippen LogP contribution in [0.15, 0.2) is 23.6 Å². The van der Waals surface area contributed by atoms with Gasteiger partial charge >= 0.3 is 0 Å². The molecule has 1 fully saturated rings. The van der Waals surface area contributed by atoms with E-state index < -0.39 is 0 Å². The number of carbonyl (C=O) groups excluding carboxylic acids is 1. The number of nitrogens with zero attached hydrogens (tertiary/aromatic N) is 2. The Morgan fingerprint density at radius 2 is 2.25 bits per heavy atom. The van der Waals surface area contributed by atoms with Crippen molar-refractivity contribution < 1.29 is 9.53 Å². The van der Waals surface area contributed by atoms with Gasteiger partial charge in [-0.2, -0.15) is 0 Å². The van der Waals surface area contributed by atoms with Crippen LogP contribution in [0.1, 0.15) is 57.9 Å². The van der Waals surface area contributed by atoms with Gasteiger partial charge in [-0.3, -0.25) is 4.79 Å². The summed E-state index contributed by atoms with van der Waals surface area (Å²) >= 11 is 1.74. The molecule has 126 valence electrons. The van der Waals surface area contributed by atoms with Crippen LogP contribution < -0.4 is 0 Å². The standard InChI is InChI=1S/C19H22N2O2S/c1-2-17-12-24-18(20-17)14-4-3-7-21(9-14)19(22)13-5-6-15-10-23-11-16(15)8-13/h5-6,8,12,14H,2-4,7,9-11H2,1H3. The fourth-order valence-electron chi connectivity index (χ4n) is 3.52. The molecular formula is C19H22N2O2S. The Bertz CT molecular complexity index is 756. The van der Waals surface area contributed by atoms with E-state index in [9.17, 15) is 4.79 Å². The second-order valence-corrected chi connectivity index (χ2v) is 7.49. The number of hydrogen-bond acceptors (Lipinski definition) is 4. The average molecular weight is 342 g/mol. The smallest absolute Gasteiger partial charge is 0.253 e. The van der Waals surface area contributed by atoms with Crippen LogP contribution in [0.4, 0.5) is 0 Å². The Morgan fingerprint density at radius 1 is 1.38 bits per heavy atom. The van der Waals surface area contributed by atoms with Gasteiger partial charge in [-0.15, -0.1) is 11.3 Å². The van der Waals surface area contributed by atoms with Crippen LogP contribution in [0.5, 0.6) is 0 Å². The van der Waals surface area contributed by atoms with E-state index in [1.807, 2.05) is 23.1 Å². The molecule has 4 rings (SSSR count). The lowest BCUT2D eigenvalue weighted by atomic mass is 9.97. The molecule has 0 N–H and O–H groups in total. The fourth-order valence-corrected chi connectivity index (χ4v) is 4.55. The fraction of sp³-hybridized carbons (Fsp3) is 0.474. The molecule has 24 heavy (non-hydrogen) atoms. The number of fused-ring (bicyclic) bond motifs is 1. The van der Waals surface area contributed by atoms with Crippen molar-refractivity contribution in [2.24, 2.45) is 0 Å². The molecule has 4 nitrogen and oxygen atoms in total. The van der Waals surface area contributed by atoms with E-state index in [1.54, 1.807) is 11.3 Å². The minimum Gasteiger partial charge on any atom is -0.372 e. The van der Waals surface area contributed by atoms with Gasteiger partial charge in [0.15, 0.2) is 0 Å². The summed E-state index contributed by atoms with van der Waals surface area (Å²) in [5.74, 6) is 0.521. The maximum atomic E-state index is 12.9. The number of amides is 1. The van der Waals surface area contributed by atoms with Crippen LogP contribution in [0.3, 0.4) is 0 Å². The summed E-state index contributed by atoms with van der Waals surface area (Å²) in [6.45, 7) is 5.04. The van der Waals surface area contributed by atoms with Gasteiger partial charge < -0.3 is 9.64 Å². The number of carbonyl (C=O) groups is 1. The van der Waals surface area contributed by atoms with Gasteiger partial charge in [0.25, 0.3) is 5.91 Å². The third-order valence-electron chi connectivity index (χ3n) is 4.96. The third-order valence-corrected chi connectivity index (χ3v) is 6.01. The van der Waals surface area contributed by atoms with Gasteiger partial charge in [-0.1, -0.05) is 13.0 Å². The monoisotopic (exact) mass is 342 g/mol. The first-order valence-corrected chi connectivity index (χ1v) is 9.55. The predicted octanol–water partition coefficient (Wildman–Crippen LogP) is 3.76. The number of benzene rings is 1. The van der Waals surface area contributed by atoms with Crippen molar-refractivity contribution in [2.45, 2.75) is 45.3 Å². The number of hydrogen-bond donors (Lipinski definition) is 0. The molecule has 0 saturated carbocycles. The molecule has 0 spiro atoms. The first-order valence-electron chi connectivity index (χ1n) is 8.67. The van der Waals surface area contributed by atoms with Crippen molar-refractivity contribution in [3.8, 4) is 0 Å². The summed E-state index contributed by atoms with van der Waals surface area (Å²) in [6.07, 6.45) is 3.15. The quantitative estimate of drug-likeness (QED) is 0.853. The summed E-state index contributed by atoms with van der Waals surface area (Å²) in [4.78, 5) is 19.6. The van der Waals surface area contributed by atoms with Crippen LogP contribution in [-0.2, 0) is 24.4 Å². The molecule has 1 amide bonds. The molecule has 1 atom stereocenters. The number of ether oxygens (including phenoxy) is 1. The first-order chi connectivity index (χ1) is 11.7. The molecule has 2 aromatic rings. The number of aromatic nitrogens is 1. The number of thiazole rings is 1. The second kappa shape index (κ2) is 6.65. The molecule has 2 aliphatic heterocycles. The van der Waals surface area contributed by atoms with Gasteiger partial charge in [0.05, 0.1) is 23.9 Å². The summed E-state index contributed by atoms with van der Waals surface area (Å²) in [7, 11) is 0. The molecule has 1 aromatic heterocycles. The van der Waals surface area contributed by atoms with Crippen LogP contribution in [0.2, 0.25) is 0 Å². The van der Waals surface area contributed by atoms with Gasteiger partial charge in [0.1, 0.15) is 0 Å². The number of piperidine rings is 1. The second-order valence-electron chi connectivity index (χ2n) is 6.60. The lowest BCUT2D eigenvalue weighted by Crippen LogP contribution is -2.39. The molecule has 5 heteroatoms. The Labute approximate surface area is 146 Å². The highest BCUT2D eigenvalue weighted by atomic mass is 32.1. The summed E-state index contributed by atoms with van der Waals surface area (Å²) in [5.41, 5.74) is 4.31. The number of rotatable bonds is 3. The Balaban J connectivity index is 1.50. The molecule has 1 saturated heterocycles.